The molecule has 184 valence electrons. The third-order valence-electron chi connectivity index (χ3n) is 5.31. The van der Waals surface area contributed by atoms with Crippen LogP contribution in [0.5, 0.6) is 11.5 Å². The van der Waals surface area contributed by atoms with Crippen molar-refractivity contribution in [1.29, 1.82) is 0 Å². The van der Waals surface area contributed by atoms with Gasteiger partial charge in [0.05, 0.1) is 12.8 Å². The molecule has 1 heterocycles. The van der Waals surface area contributed by atoms with Gasteiger partial charge in [-0.1, -0.05) is 41.9 Å². The van der Waals surface area contributed by atoms with Crippen molar-refractivity contribution in [2.75, 3.05) is 12.0 Å². The molecule has 0 unspecified atom stereocenters. The first-order valence-corrected chi connectivity index (χ1v) is 12.2. The van der Waals surface area contributed by atoms with E-state index in [1.807, 2.05) is 0 Å². The number of barbiturate groups is 1. The molecule has 3 aromatic rings. The number of nitrogens with zero attached hydrogens (tertiary/aromatic N) is 1. The number of hydrogen-bond donors (Lipinski definition) is 1. The van der Waals surface area contributed by atoms with Crippen molar-refractivity contribution >= 4 is 51.3 Å². The van der Waals surface area contributed by atoms with Crippen LogP contribution >= 0.6 is 11.6 Å². The molecule has 1 aliphatic rings. The summed E-state index contributed by atoms with van der Waals surface area (Å²) in [5, 5.41) is 2.49. The molecule has 9 nitrogen and oxygen atoms in total. The largest absolute Gasteiger partial charge is 0.493 e. The van der Waals surface area contributed by atoms with E-state index in [-0.39, 0.29) is 27.7 Å². The van der Waals surface area contributed by atoms with Crippen molar-refractivity contribution < 1.29 is 31.7 Å². The molecule has 36 heavy (non-hydrogen) atoms. The zero-order chi connectivity index (χ0) is 26.0. The highest BCUT2D eigenvalue weighted by atomic mass is 35.5. The Balaban J connectivity index is 1.68. The Morgan fingerprint density at radius 1 is 0.944 bits per heavy atom. The number of hydrogen-bond acceptors (Lipinski definition) is 7. The fraction of sp³-hybridized carbons (Fsp3) is 0.0800. The average Bonchev–Trinajstić information content (AvgIpc) is 2.85. The molecule has 1 N–H and O–H groups in total. The van der Waals surface area contributed by atoms with Crippen LogP contribution in [0.25, 0.3) is 6.08 Å². The molecule has 0 saturated carbocycles. The van der Waals surface area contributed by atoms with Gasteiger partial charge in [-0.05, 0) is 60.5 Å². The minimum atomic E-state index is -4.12. The molecular weight excluding hydrogens is 508 g/mol. The molecule has 1 fully saturated rings. The van der Waals surface area contributed by atoms with Crippen LogP contribution in [0.15, 0.2) is 77.2 Å². The Morgan fingerprint density at radius 3 is 2.36 bits per heavy atom. The van der Waals surface area contributed by atoms with Crippen molar-refractivity contribution in [2.24, 2.45) is 0 Å². The van der Waals surface area contributed by atoms with Gasteiger partial charge >= 0.3 is 16.1 Å². The Morgan fingerprint density at radius 2 is 1.67 bits per heavy atom. The molecule has 0 atom stereocenters. The molecule has 0 radical (unpaired) electrons. The summed E-state index contributed by atoms with van der Waals surface area (Å²) in [6.45, 7) is 1.64. The first-order valence-electron chi connectivity index (χ1n) is 10.5. The SMILES string of the molecule is COc1cc(/C=C2\C(=O)NC(=O)N(c3cccc(Cl)c3C)C2=O)ccc1OS(=O)(=O)c1ccccc1. The lowest BCUT2D eigenvalue weighted by Gasteiger charge is -2.27. The minimum Gasteiger partial charge on any atom is -0.493 e. The average molecular weight is 527 g/mol. The first kappa shape index (κ1) is 25.0. The number of benzene rings is 3. The van der Waals surface area contributed by atoms with Crippen LogP contribution in [-0.2, 0) is 19.7 Å². The standard InChI is InChI=1S/C25H19ClN2O7S/c1-15-19(26)9-6-10-20(15)28-24(30)18(23(29)27-25(28)31)13-16-11-12-21(22(14-16)34-2)35-36(32,33)17-7-4-3-5-8-17/h3-14H,1-2H3,(H,27,29,31)/b18-13+. The van der Waals surface area contributed by atoms with Crippen LogP contribution in [0.3, 0.4) is 0 Å². The second-order valence-electron chi connectivity index (χ2n) is 7.60. The number of imide groups is 2. The van der Waals surface area contributed by atoms with E-state index in [0.29, 0.717) is 16.1 Å². The number of nitrogens with one attached hydrogen (secondary N) is 1. The summed E-state index contributed by atoms with van der Waals surface area (Å²) in [4.78, 5) is 39.0. The summed E-state index contributed by atoms with van der Waals surface area (Å²) < 4.78 is 35.6. The van der Waals surface area contributed by atoms with Crippen LogP contribution in [0, 0.1) is 6.92 Å². The lowest BCUT2D eigenvalue weighted by molar-refractivity contribution is -0.122. The molecule has 0 spiro atoms. The fourth-order valence-corrected chi connectivity index (χ4v) is 4.61. The molecule has 4 rings (SSSR count). The Labute approximate surface area is 212 Å². The van der Waals surface area contributed by atoms with E-state index in [2.05, 4.69) is 5.32 Å². The van der Waals surface area contributed by atoms with Crippen LogP contribution in [0.4, 0.5) is 10.5 Å². The van der Waals surface area contributed by atoms with E-state index < -0.39 is 28.0 Å². The van der Waals surface area contributed by atoms with E-state index in [4.69, 9.17) is 20.5 Å². The normalized spacial score (nSPS) is 15.1. The van der Waals surface area contributed by atoms with Crippen LogP contribution in [-0.4, -0.2) is 33.4 Å². The Bertz CT molecular complexity index is 1520. The predicted octanol–water partition coefficient (Wildman–Crippen LogP) is 4.09. The van der Waals surface area contributed by atoms with Crippen LogP contribution < -0.4 is 19.1 Å². The zero-order valence-corrected chi connectivity index (χ0v) is 20.6. The first-order chi connectivity index (χ1) is 17.1. The van der Waals surface area contributed by atoms with Gasteiger partial charge in [0.25, 0.3) is 11.8 Å². The van der Waals surface area contributed by atoms with Gasteiger partial charge in [0.15, 0.2) is 11.5 Å². The van der Waals surface area contributed by atoms with Gasteiger partial charge in [-0.15, -0.1) is 0 Å². The summed E-state index contributed by atoms with van der Waals surface area (Å²) in [6.07, 6.45) is 1.26. The fourth-order valence-electron chi connectivity index (χ4n) is 3.48. The van der Waals surface area contributed by atoms with Gasteiger partial charge in [-0.25, -0.2) is 9.69 Å². The van der Waals surface area contributed by atoms with Crippen molar-refractivity contribution in [3.63, 3.8) is 0 Å². The number of amides is 4. The number of ether oxygens (including phenoxy) is 1. The third-order valence-corrected chi connectivity index (χ3v) is 6.97. The minimum absolute atomic E-state index is 0.0382. The number of urea groups is 1. The molecule has 11 heteroatoms. The monoisotopic (exact) mass is 526 g/mol. The summed E-state index contributed by atoms with van der Waals surface area (Å²) in [7, 11) is -2.81. The lowest BCUT2D eigenvalue weighted by atomic mass is 10.1. The second kappa shape index (κ2) is 9.84. The van der Waals surface area contributed by atoms with E-state index in [9.17, 15) is 22.8 Å². The molecule has 0 aromatic heterocycles. The summed E-state index contributed by atoms with van der Waals surface area (Å²) in [6, 6.07) is 15.6. The summed E-state index contributed by atoms with van der Waals surface area (Å²) >= 11 is 6.14. The van der Waals surface area contributed by atoms with Gasteiger partial charge in [-0.3, -0.25) is 14.9 Å². The number of carbonyl (C=O) groups is 3. The smallest absolute Gasteiger partial charge is 0.339 e. The van der Waals surface area contributed by atoms with Crippen molar-refractivity contribution in [3.05, 3.63) is 88.5 Å². The Hall–Kier alpha value is -4.15. The molecule has 4 amide bonds. The summed E-state index contributed by atoms with van der Waals surface area (Å²) in [5.74, 6) is -1.77. The maximum atomic E-state index is 13.2. The van der Waals surface area contributed by atoms with E-state index >= 15 is 0 Å². The maximum Gasteiger partial charge on any atom is 0.339 e. The van der Waals surface area contributed by atoms with Gasteiger partial charge < -0.3 is 8.92 Å². The van der Waals surface area contributed by atoms with Gasteiger partial charge in [0, 0.05) is 5.02 Å². The summed E-state index contributed by atoms with van der Waals surface area (Å²) in [5.41, 5.74) is 0.725. The molecule has 0 aliphatic carbocycles. The second-order valence-corrected chi connectivity index (χ2v) is 9.56. The molecule has 3 aromatic carbocycles. The third kappa shape index (κ3) is 4.81. The molecular formula is C25H19ClN2O7S. The topological polar surface area (TPSA) is 119 Å². The van der Waals surface area contributed by atoms with Gasteiger partial charge in [0.1, 0.15) is 10.5 Å². The maximum absolute atomic E-state index is 13.2. The highest BCUT2D eigenvalue weighted by Gasteiger charge is 2.37. The van der Waals surface area contributed by atoms with Gasteiger partial charge in [0.2, 0.25) is 0 Å². The van der Waals surface area contributed by atoms with Crippen molar-refractivity contribution in [2.45, 2.75) is 11.8 Å². The van der Waals surface area contributed by atoms with E-state index in [1.165, 1.54) is 49.6 Å². The molecule has 1 aliphatic heterocycles. The molecule has 0 bridgehead atoms. The van der Waals surface area contributed by atoms with Crippen molar-refractivity contribution in [3.8, 4) is 11.5 Å². The number of halogens is 1. The number of methoxy groups -OCH3 is 1. The van der Waals surface area contributed by atoms with Crippen LogP contribution in [0.1, 0.15) is 11.1 Å². The number of rotatable bonds is 6. The highest BCUT2D eigenvalue weighted by Crippen LogP contribution is 2.33. The van der Waals surface area contributed by atoms with E-state index in [0.717, 1.165) is 4.90 Å². The Kier molecular flexibility index (Phi) is 6.82. The highest BCUT2D eigenvalue weighted by molar-refractivity contribution is 7.87. The van der Waals surface area contributed by atoms with Crippen molar-refractivity contribution in [1.82, 2.24) is 5.32 Å². The number of carbonyl (C=O) groups excluding carboxylic acids is 3. The zero-order valence-electron chi connectivity index (χ0n) is 19.0. The molecule has 1 saturated heterocycles. The lowest BCUT2D eigenvalue weighted by Crippen LogP contribution is -2.54. The predicted molar refractivity (Wildman–Crippen MR) is 132 cm³/mol. The quantitative estimate of drug-likeness (QED) is 0.292. The number of anilines is 1. The van der Waals surface area contributed by atoms with E-state index in [1.54, 1.807) is 37.3 Å². The van der Waals surface area contributed by atoms with Gasteiger partial charge in [-0.2, -0.15) is 8.42 Å². The van der Waals surface area contributed by atoms with Crippen LogP contribution in [0.2, 0.25) is 5.02 Å².